The third-order valence-electron chi connectivity index (χ3n) is 4.15. The number of aromatic nitrogens is 2. The fraction of sp³-hybridized carbons (Fsp3) is 0.100. The minimum absolute atomic E-state index is 0.808. The second kappa shape index (κ2) is 7.05. The lowest BCUT2D eigenvalue weighted by atomic mass is 10.0. The van der Waals surface area contributed by atoms with Crippen molar-refractivity contribution < 1.29 is 4.74 Å². The number of halogens is 1. The number of rotatable bonds is 4. The molecule has 2 heterocycles. The molecule has 0 bridgehead atoms. The maximum atomic E-state index is 5.22. The van der Waals surface area contributed by atoms with E-state index in [1.54, 1.807) is 24.8 Å². The van der Waals surface area contributed by atoms with Gasteiger partial charge in [0.05, 0.1) is 12.5 Å². The molecule has 0 amide bonds. The maximum Gasteiger partial charge on any atom is 0.143 e. The van der Waals surface area contributed by atoms with Gasteiger partial charge in [0, 0.05) is 20.6 Å². The first-order valence-electron chi connectivity index (χ1n) is 8.07. The summed E-state index contributed by atoms with van der Waals surface area (Å²) in [5.74, 6) is 1.63. The Labute approximate surface area is 164 Å². The summed E-state index contributed by atoms with van der Waals surface area (Å²) in [6.45, 7) is 2.13. The molecule has 4 rings (SSSR count). The topological polar surface area (TPSA) is 47.0 Å². The average molecular weight is 426 g/mol. The van der Waals surface area contributed by atoms with Gasteiger partial charge in [-0.25, -0.2) is 9.97 Å². The zero-order chi connectivity index (χ0) is 18.1. The maximum absolute atomic E-state index is 5.22. The van der Waals surface area contributed by atoms with E-state index in [9.17, 15) is 0 Å². The number of ether oxygens (including phenoxy) is 1. The molecule has 26 heavy (non-hydrogen) atoms. The number of methoxy groups -OCH3 is 1. The molecule has 1 N–H and O–H groups in total. The highest BCUT2D eigenvalue weighted by Crippen LogP contribution is 2.41. The number of fused-ring (bicyclic) bond motifs is 1. The second-order valence-corrected chi connectivity index (χ2v) is 7.91. The molecule has 0 aliphatic heterocycles. The third-order valence-corrected chi connectivity index (χ3v) is 5.69. The van der Waals surface area contributed by atoms with E-state index >= 15 is 0 Å². The Bertz CT molecular complexity index is 1060. The van der Waals surface area contributed by atoms with Gasteiger partial charge >= 0.3 is 0 Å². The molecule has 0 unspecified atom stereocenters. The number of thiophene rings is 1. The molecule has 0 spiro atoms. The first-order valence-corrected chi connectivity index (χ1v) is 9.68. The molecule has 0 radical (unpaired) electrons. The van der Waals surface area contributed by atoms with Crippen molar-refractivity contribution in [2.24, 2.45) is 0 Å². The largest absolute Gasteiger partial charge is 0.497 e. The van der Waals surface area contributed by atoms with Crippen LogP contribution in [0.5, 0.6) is 5.75 Å². The summed E-state index contributed by atoms with van der Waals surface area (Å²) in [6.07, 6.45) is 1.61. The Balaban J connectivity index is 1.83. The highest BCUT2D eigenvalue weighted by Gasteiger charge is 2.17. The Morgan fingerprint density at radius 2 is 1.73 bits per heavy atom. The van der Waals surface area contributed by atoms with Crippen LogP contribution < -0.4 is 10.1 Å². The third kappa shape index (κ3) is 3.18. The van der Waals surface area contributed by atoms with Crippen molar-refractivity contribution in [3.8, 4) is 16.9 Å². The molecular formula is C20H16BrN3OS. The van der Waals surface area contributed by atoms with Crippen LogP contribution in [0.1, 0.15) is 4.88 Å². The van der Waals surface area contributed by atoms with E-state index in [0.717, 1.165) is 37.5 Å². The molecule has 130 valence electrons. The summed E-state index contributed by atoms with van der Waals surface area (Å²) in [5.41, 5.74) is 3.29. The van der Waals surface area contributed by atoms with Crippen LogP contribution >= 0.6 is 27.3 Å². The smallest absolute Gasteiger partial charge is 0.143 e. The molecule has 6 heteroatoms. The SMILES string of the molecule is COc1ccc(Nc2ncnc3sc(C)c(-c4ccc(Br)cc4)c23)cc1. The predicted molar refractivity (Wildman–Crippen MR) is 112 cm³/mol. The summed E-state index contributed by atoms with van der Waals surface area (Å²) in [4.78, 5) is 11.2. The van der Waals surface area contributed by atoms with Gasteiger partial charge in [-0.1, -0.05) is 28.1 Å². The van der Waals surface area contributed by atoms with Gasteiger partial charge in [0.25, 0.3) is 0 Å². The highest BCUT2D eigenvalue weighted by molar-refractivity contribution is 9.10. The lowest BCUT2D eigenvalue weighted by Crippen LogP contribution is -1.96. The van der Waals surface area contributed by atoms with Crippen LogP contribution in [0, 0.1) is 6.92 Å². The van der Waals surface area contributed by atoms with Gasteiger partial charge in [0.2, 0.25) is 0 Å². The Kier molecular flexibility index (Phi) is 4.61. The van der Waals surface area contributed by atoms with Crippen molar-refractivity contribution in [1.29, 1.82) is 0 Å². The van der Waals surface area contributed by atoms with E-state index in [-0.39, 0.29) is 0 Å². The second-order valence-electron chi connectivity index (χ2n) is 5.80. The zero-order valence-electron chi connectivity index (χ0n) is 14.3. The van der Waals surface area contributed by atoms with E-state index in [1.165, 1.54) is 10.4 Å². The quantitative estimate of drug-likeness (QED) is 0.423. The number of hydrogen-bond donors (Lipinski definition) is 1. The van der Waals surface area contributed by atoms with Gasteiger partial charge in [0.1, 0.15) is 22.7 Å². The molecule has 0 saturated carbocycles. The normalized spacial score (nSPS) is 10.9. The zero-order valence-corrected chi connectivity index (χ0v) is 16.7. The van der Waals surface area contributed by atoms with Gasteiger partial charge < -0.3 is 10.1 Å². The summed E-state index contributed by atoms with van der Waals surface area (Å²) in [7, 11) is 1.66. The lowest BCUT2D eigenvalue weighted by Gasteiger charge is -2.10. The van der Waals surface area contributed by atoms with E-state index in [2.05, 4.69) is 62.4 Å². The number of anilines is 2. The number of nitrogens with zero attached hydrogens (tertiary/aromatic N) is 2. The van der Waals surface area contributed by atoms with Gasteiger partial charge in [0.15, 0.2) is 0 Å². The van der Waals surface area contributed by atoms with Gasteiger partial charge in [-0.05, 0) is 48.9 Å². The molecule has 2 aromatic carbocycles. The monoisotopic (exact) mass is 425 g/mol. The standard InChI is InChI=1S/C20H16BrN3OS/c1-12-17(13-3-5-14(21)6-4-13)18-19(22-11-23-20(18)26-12)24-15-7-9-16(25-2)10-8-15/h3-11H,1-2H3,(H,22,23,24). The molecule has 0 fully saturated rings. The number of hydrogen-bond acceptors (Lipinski definition) is 5. The molecule has 0 aliphatic carbocycles. The minimum Gasteiger partial charge on any atom is -0.497 e. The molecule has 4 aromatic rings. The summed E-state index contributed by atoms with van der Waals surface area (Å²) >= 11 is 5.19. The van der Waals surface area contributed by atoms with E-state index < -0.39 is 0 Å². The Morgan fingerprint density at radius 1 is 1.00 bits per heavy atom. The molecular weight excluding hydrogens is 410 g/mol. The highest BCUT2D eigenvalue weighted by atomic mass is 79.9. The molecule has 2 aromatic heterocycles. The summed E-state index contributed by atoms with van der Waals surface area (Å²) < 4.78 is 6.29. The molecule has 4 nitrogen and oxygen atoms in total. The number of aryl methyl sites for hydroxylation is 1. The molecule has 0 aliphatic rings. The van der Waals surface area contributed by atoms with E-state index in [4.69, 9.17) is 4.74 Å². The molecule has 0 atom stereocenters. The van der Waals surface area contributed by atoms with Crippen LogP contribution in [-0.2, 0) is 0 Å². The van der Waals surface area contributed by atoms with Crippen molar-refractivity contribution >= 4 is 49.0 Å². The van der Waals surface area contributed by atoms with Crippen molar-refractivity contribution in [2.75, 3.05) is 12.4 Å². The Hall–Kier alpha value is -2.44. The van der Waals surface area contributed by atoms with Crippen LogP contribution in [0.4, 0.5) is 11.5 Å². The molecule has 0 saturated heterocycles. The predicted octanol–water partition coefficient (Wildman–Crippen LogP) is 6.18. The minimum atomic E-state index is 0.808. The van der Waals surface area contributed by atoms with E-state index in [1.807, 2.05) is 24.3 Å². The van der Waals surface area contributed by atoms with Gasteiger partial charge in [-0.3, -0.25) is 0 Å². The summed E-state index contributed by atoms with van der Waals surface area (Å²) in [5, 5.41) is 4.47. The fourth-order valence-corrected chi connectivity index (χ4v) is 4.19. The van der Waals surface area contributed by atoms with Crippen molar-refractivity contribution in [3.63, 3.8) is 0 Å². The van der Waals surface area contributed by atoms with Gasteiger partial charge in [-0.2, -0.15) is 0 Å². The first-order chi connectivity index (χ1) is 12.7. The van der Waals surface area contributed by atoms with Crippen LogP contribution in [0.15, 0.2) is 59.3 Å². The van der Waals surface area contributed by atoms with Crippen molar-refractivity contribution in [3.05, 3.63) is 64.2 Å². The lowest BCUT2D eigenvalue weighted by molar-refractivity contribution is 0.415. The van der Waals surface area contributed by atoms with Crippen LogP contribution in [0.25, 0.3) is 21.3 Å². The Morgan fingerprint density at radius 3 is 2.42 bits per heavy atom. The van der Waals surface area contributed by atoms with Crippen LogP contribution in [0.2, 0.25) is 0 Å². The van der Waals surface area contributed by atoms with E-state index in [0.29, 0.717) is 0 Å². The van der Waals surface area contributed by atoms with Crippen LogP contribution in [-0.4, -0.2) is 17.1 Å². The van der Waals surface area contributed by atoms with Crippen LogP contribution in [0.3, 0.4) is 0 Å². The first kappa shape index (κ1) is 17.0. The number of nitrogens with one attached hydrogen (secondary N) is 1. The van der Waals surface area contributed by atoms with Crippen molar-refractivity contribution in [2.45, 2.75) is 6.92 Å². The average Bonchev–Trinajstić information content (AvgIpc) is 3.00. The summed E-state index contributed by atoms with van der Waals surface area (Å²) in [6, 6.07) is 16.1. The van der Waals surface area contributed by atoms with Gasteiger partial charge in [-0.15, -0.1) is 11.3 Å². The van der Waals surface area contributed by atoms with Crippen molar-refractivity contribution in [1.82, 2.24) is 9.97 Å². The number of benzene rings is 2. The fourth-order valence-electron chi connectivity index (χ4n) is 2.91.